The molecule has 0 radical (unpaired) electrons. The van der Waals surface area contributed by atoms with Gasteiger partial charge in [0.2, 0.25) is 17.3 Å². The van der Waals surface area contributed by atoms with Gasteiger partial charge in [0.15, 0.2) is 12.3 Å². The van der Waals surface area contributed by atoms with Crippen molar-refractivity contribution >= 4 is 50.2 Å². The molecule has 0 unspecified atom stereocenters. The highest BCUT2D eigenvalue weighted by atomic mass is 17.2. The summed E-state index contributed by atoms with van der Waals surface area (Å²) in [4.78, 5) is 50.0. The second-order valence-electron chi connectivity index (χ2n) is 14.5. The molecule has 0 saturated carbocycles. The topological polar surface area (TPSA) is 100 Å². The van der Waals surface area contributed by atoms with Crippen molar-refractivity contribution in [3.8, 4) is 0 Å². The molecule has 0 saturated heterocycles. The maximum Gasteiger partial charge on any atom is 0.233 e. The van der Waals surface area contributed by atoms with E-state index in [-0.39, 0.29) is 11.1 Å². The van der Waals surface area contributed by atoms with Crippen molar-refractivity contribution in [2.24, 2.45) is 0 Å². The zero-order valence-electron chi connectivity index (χ0n) is 30.6. The highest BCUT2D eigenvalue weighted by Gasteiger charge is 2.47. The Labute approximate surface area is 303 Å². The molecule has 3 aliphatic rings. The first-order chi connectivity index (χ1) is 25.0. The molecule has 0 bridgehead atoms. The summed E-state index contributed by atoms with van der Waals surface area (Å²) in [6, 6.07) is 24.8. The van der Waals surface area contributed by atoms with E-state index in [0.29, 0.717) is 39.1 Å². The van der Waals surface area contributed by atoms with Gasteiger partial charge in [0.1, 0.15) is 0 Å². The van der Waals surface area contributed by atoms with Gasteiger partial charge < -0.3 is 10.0 Å². The van der Waals surface area contributed by atoms with Crippen molar-refractivity contribution in [1.29, 1.82) is 0 Å². The van der Waals surface area contributed by atoms with E-state index < -0.39 is 28.2 Å². The number of Topliss-reactive ketones (excluding diaryl/α,β-unsaturated/α-hetero) is 2. The van der Waals surface area contributed by atoms with Gasteiger partial charge in [-0.3, -0.25) is 9.59 Å². The van der Waals surface area contributed by atoms with Crippen LogP contribution in [0.3, 0.4) is 0 Å². The zero-order chi connectivity index (χ0) is 36.8. The van der Waals surface area contributed by atoms with E-state index >= 15 is 0 Å². The van der Waals surface area contributed by atoms with Crippen LogP contribution < -0.4 is 10.0 Å². The molecule has 7 rings (SSSR count). The van der Waals surface area contributed by atoms with Crippen molar-refractivity contribution < 1.29 is 38.8 Å². The molecule has 0 aromatic heterocycles. The summed E-state index contributed by atoms with van der Waals surface area (Å²) in [7, 11) is 2.95. The lowest BCUT2D eigenvalue weighted by Crippen LogP contribution is -2.29. The van der Waals surface area contributed by atoms with Gasteiger partial charge in [-0.15, -0.1) is 0 Å². The molecule has 1 aliphatic carbocycles. The molecule has 4 aromatic rings. The van der Waals surface area contributed by atoms with Gasteiger partial charge in [0.05, 0.1) is 43.9 Å². The standard InChI is InChI=1S/C43H44N2O7/c1-42(2)33-19-17-27-13-7-9-15-29(27)37(33)44(21-11-23-51-49-5)35(42)25-31-39(46)32(41(48)40(31)47)26-36-43(3,4)34-20-18-28-14-8-10-16-30(28)38(34)45(36)22-12-24-52-50-6/h7-10,13-20,25-26H,11-12,21-24H2,1-6H3. The molecule has 0 atom stereocenters. The number of hydrogen-bond acceptors (Lipinski definition) is 8. The number of hydrogen-bond donors (Lipinski definition) is 0. The first-order valence-electron chi connectivity index (χ1n) is 17.7. The van der Waals surface area contributed by atoms with Crippen molar-refractivity contribution in [2.75, 3.05) is 45.4 Å². The average Bonchev–Trinajstić information content (AvgIpc) is 3.59. The molecule has 2 aliphatic heterocycles. The number of benzene rings is 4. The Hall–Kier alpha value is -4.93. The minimum Gasteiger partial charge on any atom is -0.871 e. The fourth-order valence-corrected chi connectivity index (χ4v) is 8.13. The Bertz CT molecular complexity index is 2240. The molecule has 0 fully saturated rings. The largest absolute Gasteiger partial charge is 0.871 e. The Morgan fingerprint density at radius 3 is 2.04 bits per heavy atom. The van der Waals surface area contributed by atoms with Crippen LogP contribution in [0.2, 0.25) is 0 Å². The van der Waals surface area contributed by atoms with Gasteiger partial charge in [-0.25, -0.2) is 19.6 Å². The normalized spacial score (nSPS) is 19.3. The maximum atomic E-state index is 14.4. The van der Waals surface area contributed by atoms with E-state index in [1.807, 2.05) is 24.3 Å². The van der Waals surface area contributed by atoms with E-state index in [2.05, 4.69) is 85.7 Å². The maximum absolute atomic E-state index is 14.4. The number of nitrogens with zero attached hydrogens (tertiary/aromatic N) is 2. The zero-order valence-corrected chi connectivity index (χ0v) is 30.6. The average molecular weight is 701 g/mol. The van der Waals surface area contributed by atoms with Crippen LogP contribution in [0.15, 0.2) is 108 Å². The first kappa shape index (κ1) is 35.5. The summed E-state index contributed by atoms with van der Waals surface area (Å²) in [5.41, 5.74) is 4.36. The fraction of sp³-hybridized carbons (Fsp3) is 0.326. The van der Waals surface area contributed by atoms with Crippen LogP contribution in [0.5, 0.6) is 0 Å². The molecule has 0 N–H and O–H groups in total. The first-order valence-corrected chi connectivity index (χ1v) is 17.7. The number of anilines is 1. The van der Waals surface area contributed by atoms with E-state index in [9.17, 15) is 14.7 Å². The molecular formula is C43H44N2O7. The van der Waals surface area contributed by atoms with Gasteiger partial charge >= 0.3 is 0 Å². The Kier molecular flexibility index (Phi) is 9.48. The molecule has 0 spiro atoms. The summed E-state index contributed by atoms with van der Waals surface area (Å²) in [5, 5.41) is 18.7. The molecular weight excluding hydrogens is 656 g/mol. The lowest BCUT2D eigenvalue weighted by Gasteiger charge is -2.28. The molecule has 9 nitrogen and oxygen atoms in total. The number of carbonyl (C=O) groups is 2. The molecule has 0 amide bonds. The molecule has 4 aromatic carbocycles. The lowest BCUT2D eigenvalue weighted by atomic mass is 9.80. The van der Waals surface area contributed by atoms with Crippen molar-refractivity contribution in [3.63, 3.8) is 0 Å². The lowest BCUT2D eigenvalue weighted by molar-refractivity contribution is -0.439. The minimum atomic E-state index is -0.789. The van der Waals surface area contributed by atoms with Crippen molar-refractivity contribution in [3.05, 3.63) is 119 Å². The van der Waals surface area contributed by atoms with E-state index in [1.54, 1.807) is 12.2 Å². The predicted octanol–water partition coefficient (Wildman–Crippen LogP) is 6.68. The van der Waals surface area contributed by atoms with Gasteiger partial charge in [0.25, 0.3) is 0 Å². The summed E-state index contributed by atoms with van der Waals surface area (Å²) < 4.78 is 2.16. The van der Waals surface area contributed by atoms with E-state index in [1.165, 1.54) is 14.2 Å². The van der Waals surface area contributed by atoms with Crippen LogP contribution in [0.25, 0.3) is 21.5 Å². The second-order valence-corrected chi connectivity index (χ2v) is 14.5. The van der Waals surface area contributed by atoms with Crippen LogP contribution >= 0.6 is 0 Å². The van der Waals surface area contributed by atoms with E-state index in [0.717, 1.165) is 55.5 Å². The van der Waals surface area contributed by atoms with Gasteiger partial charge in [-0.2, -0.15) is 4.58 Å². The van der Waals surface area contributed by atoms with Crippen LogP contribution in [0, 0.1) is 0 Å². The van der Waals surface area contributed by atoms with E-state index in [4.69, 9.17) is 19.6 Å². The quantitative estimate of drug-likeness (QED) is 0.0403. The van der Waals surface area contributed by atoms with Gasteiger partial charge in [0, 0.05) is 52.2 Å². The van der Waals surface area contributed by atoms with Gasteiger partial charge in [-0.05, 0) is 48.7 Å². The molecule has 268 valence electrons. The SMILES string of the molecule is COOCCCN1/C(=C\C2=C([O-])C(=C/C3=[N+](CCCOOC)c4c(ccc5ccccc45)C3(C)C)/C(=O)C2=O)C(C)(C)c2ccc3ccccc3c21. The Balaban J connectivity index is 1.37. The highest BCUT2D eigenvalue weighted by Crippen LogP contribution is 2.51. The summed E-state index contributed by atoms with van der Waals surface area (Å²) in [6.07, 6.45) is 4.56. The number of ketones is 2. The van der Waals surface area contributed by atoms with Crippen LogP contribution in [0.1, 0.15) is 51.7 Å². The Morgan fingerprint density at radius 1 is 0.731 bits per heavy atom. The number of allylic oxidation sites excluding steroid dienone is 5. The molecule has 2 heterocycles. The summed E-state index contributed by atoms with van der Waals surface area (Å²) in [6.45, 7) is 10.2. The predicted molar refractivity (Wildman–Crippen MR) is 199 cm³/mol. The molecule has 52 heavy (non-hydrogen) atoms. The van der Waals surface area contributed by atoms with Crippen molar-refractivity contribution in [2.45, 2.75) is 51.4 Å². The Morgan fingerprint density at radius 2 is 1.35 bits per heavy atom. The van der Waals surface area contributed by atoms with Crippen LogP contribution in [-0.4, -0.2) is 62.4 Å². The third kappa shape index (κ3) is 5.78. The number of fused-ring (bicyclic) bond motifs is 6. The summed E-state index contributed by atoms with van der Waals surface area (Å²) >= 11 is 0. The smallest absolute Gasteiger partial charge is 0.233 e. The number of carbonyl (C=O) groups excluding carboxylic acids is 2. The van der Waals surface area contributed by atoms with Crippen molar-refractivity contribution in [1.82, 2.24) is 0 Å². The second kappa shape index (κ2) is 13.9. The van der Waals surface area contributed by atoms with Gasteiger partial charge in [-0.1, -0.05) is 86.3 Å². The third-order valence-electron chi connectivity index (χ3n) is 10.8. The monoisotopic (exact) mass is 700 g/mol. The molecule has 9 heteroatoms. The minimum absolute atomic E-state index is 0.117. The number of rotatable bonds is 12. The van der Waals surface area contributed by atoms with Crippen LogP contribution in [-0.2, 0) is 40.0 Å². The fourth-order valence-electron chi connectivity index (χ4n) is 8.13. The third-order valence-corrected chi connectivity index (χ3v) is 10.8. The summed E-state index contributed by atoms with van der Waals surface area (Å²) in [5.74, 6) is -2.14. The van der Waals surface area contributed by atoms with Crippen LogP contribution in [0.4, 0.5) is 11.4 Å². The highest BCUT2D eigenvalue weighted by molar-refractivity contribution is 6.54.